The fourth-order valence-electron chi connectivity index (χ4n) is 3.25. The number of halogens is 2. The number of carbonyl (C=O) groups excluding carboxylic acids is 1. The van der Waals surface area contributed by atoms with E-state index >= 15 is 0 Å². The first-order valence-corrected chi connectivity index (χ1v) is 10.8. The van der Waals surface area contributed by atoms with E-state index in [1.165, 1.54) is 30.0 Å². The maximum Gasteiger partial charge on any atom is 0.586 e. The number of carbonyl (C=O) groups is 1. The number of ether oxygens (including phenoxy) is 2. The van der Waals surface area contributed by atoms with Crippen LogP contribution in [0.3, 0.4) is 0 Å². The summed E-state index contributed by atoms with van der Waals surface area (Å²) in [5.74, 6) is 0.805. The summed E-state index contributed by atoms with van der Waals surface area (Å²) in [6, 6.07) is 17.3. The first-order chi connectivity index (χ1) is 16.0. The molecule has 11 heteroatoms. The SMILES string of the molecule is O=C(CSc1nnc(-c2ccccc2)n1Cc1ccco1)Nc1ccc2c(c1)OC(F)(F)O2. The van der Waals surface area contributed by atoms with Crippen LogP contribution in [-0.2, 0) is 11.3 Å². The summed E-state index contributed by atoms with van der Waals surface area (Å²) in [7, 11) is 0. The van der Waals surface area contributed by atoms with Crippen LogP contribution in [0.5, 0.6) is 11.5 Å². The van der Waals surface area contributed by atoms with Crippen molar-refractivity contribution >= 4 is 23.4 Å². The Morgan fingerprint density at radius 2 is 1.85 bits per heavy atom. The molecule has 1 N–H and O–H groups in total. The van der Waals surface area contributed by atoms with E-state index in [1.807, 2.05) is 41.0 Å². The molecule has 33 heavy (non-hydrogen) atoms. The molecule has 0 aliphatic carbocycles. The highest BCUT2D eigenvalue weighted by Gasteiger charge is 2.43. The molecular formula is C22H16F2N4O4S. The fraction of sp³-hybridized carbons (Fsp3) is 0.136. The molecule has 5 rings (SSSR count). The number of nitrogens with zero attached hydrogens (tertiary/aromatic N) is 3. The van der Waals surface area contributed by atoms with Gasteiger partial charge in [0.15, 0.2) is 22.5 Å². The average Bonchev–Trinajstić information content (AvgIpc) is 3.51. The third-order valence-corrected chi connectivity index (χ3v) is 5.63. The monoisotopic (exact) mass is 470 g/mol. The Morgan fingerprint density at radius 1 is 1.03 bits per heavy atom. The third-order valence-electron chi connectivity index (χ3n) is 4.66. The molecular weight excluding hydrogens is 454 g/mol. The van der Waals surface area contributed by atoms with Crippen LogP contribution in [0.1, 0.15) is 5.76 Å². The molecule has 0 saturated carbocycles. The number of anilines is 1. The van der Waals surface area contributed by atoms with Crippen LogP contribution < -0.4 is 14.8 Å². The van der Waals surface area contributed by atoms with Crippen LogP contribution in [0, 0.1) is 0 Å². The highest BCUT2D eigenvalue weighted by Crippen LogP contribution is 2.42. The van der Waals surface area contributed by atoms with Gasteiger partial charge in [-0.2, -0.15) is 0 Å². The smallest absolute Gasteiger partial charge is 0.467 e. The third kappa shape index (κ3) is 4.67. The van der Waals surface area contributed by atoms with E-state index in [-0.39, 0.29) is 23.2 Å². The van der Waals surface area contributed by atoms with Gasteiger partial charge in [0.25, 0.3) is 0 Å². The number of alkyl halides is 2. The highest BCUT2D eigenvalue weighted by molar-refractivity contribution is 7.99. The number of benzene rings is 2. The molecule has 0 bridgehead atoms. The summed E-state index contributed by atoms with van der Waals surface area (Å²) in [5, 5.41) is 11.7. The second kappa shape index (κ2) is 8.58. The van der Waals surface area contributed by atoms with Gasteiger partial charge in [-0.25, -0.2) is 0 Å². The molecule has 0 unspecified atom stereocenters. The molecule has 0 radical (unpaired) electrons. The quantitative estimate of drug-likeness (QED) is 0.394. The Hall–Kier alpha value is -3.86. The topological polar surface area (TPSA) is 91.4 Å². The van der Waals surface area contributed by atoms with Crippen molar-refractivity contribution in [1.82, 2.24) is 14.8 Å². The Balaban J connectivity index is 1.29. The minimum Gasteiger partial charge on any atom is -0.467 e. The molecule has 1 aliphatic heterocycles. The molecule has 1 aliphatic rings. The van der Waals surface area contributed by atoms with E-state index in [9.17, 15) is 13.6 Å². The minimum atomic E-state index is -3.71. The van der Waals surface area contributed by atoms with Gasteiger partial charge in [0.05, 0.1) is 18.6 Å². The van der Waals surface area contributed by atoms with Crippen LogP contribution >= 0.6 is 11.8 Å². The van der Waals surface area contributed by atoms with E-state index in [4.69, 9.17) is 4.42 Å². The van der Waals surface area contributed by atoms with Crippen molar-refractivity contribution in [2.75, 3.05) is 11.1 Å². The average molecular weight is 470 g/mol. The van der Waals surface area contributed by atoms with Gasteiger partial charge >= 0.3 is 6.29 Å². The van der Waals surface area contributed by atoms with Crippen LogP contribution in [0.4, 0.5) is 14.5 Å². The molecule has 2 aromatic heterocycles. The van der Waals surface area contributed by atoms with Crippen LogP contribution in [0.15, 0.2) is 76.5 Å². The van der Waals surface area contributed by atoms with E-state index < -0.39 is 6.29 Å². The fourth-order valence-corrected chi connectivity index (χ4v) is 3.99. The van der Waals surface area contributed by atoms with Crippen molar-refractivity contribution in [1.29, 1.82) is 0 Å². The zero-order valence-electron chi connectivity index (χ0n) is 16.9. The number of amides is 1. The lowest BCUT2D eigenvalue weighted by molar-refractivity contribution is -0.286. The van der Waals surface area contributed by atoms with Gasteiger partial charge in [-0.1, -0.05) is 42.1 Å². The Kier molecular flexibility index (Phi) is 5.47. The van der Waals surface area contributed by atoms with Crippen molar-refractivity contribution in [2.45, 2.75) is 18.0 Å². The maximum absolute atomic E-state index is 13.2. The van der Waals surface area contributed by atoms with Crippen LogP contribution in [0.2, 0.25) is 0 Å². The van der Waals surface area contributed by atoms with E-state index in [2.05, 4.69) is 25.0 Å². The minimum absolute atomic E-state index is 0.0235. The zero-order chi connectivity index (χ0) is 22.8. The number of aromatic nitrogens is 3. The number of rotatable bonds is 7. The molecule has 0 fully saturated rings. The Bertz CT molecular complexity index is 1280. The summed E-state index contributed by atoms with van der Waals surface area (Å²) >= 11 is 1.20. The molecule has 0 spiro atoms. The van der Waals surface area contributed by atoms with Crippen molar-refractivity contribution < 1.29 is 27.5 Å². The van der Waals surface area contributed by atoms with Crippen LogP contribution in [-0.4, -0.2) is 32.7 Å². The summed E-state index contributed by atoms with van der Waals surface area (Å²) in [6.45, 7) is 0.393. The standard InChI is InChI=1S/C22H16F2N4O4S/c23-22(24)31-17-9-8-15(11-18(17)32-22)25-19(29)13-33-21-27-26-20(14-5-2-1-3-6-14)28(21)12-16-7-4-10-30-16/h1-11H,12-13H2,(H,25,29). The maximum atomic E-state index is 13.2. The summed E-state index contributed by atoms with van der Waals surface area (Å²) in [6.07, 6.45) is -2.13. The first kappa shape index (κ1) is 21.0. The predicted octanol–water partition coefficient (Wildman–Crippen LogP) is 4.64. The molecule has 1 amide bonds. The molecule has 8 nitrogen and oxygen atoms in total. The lowest BCUT2D eigenvalue weighted by Crippen LogP contribution is -2.25. The van der Waals surface area contributed by atoms with E-state index in [0.29, 0.717) is 23.2 Å². The highest BCUT2D eigenvalue weighted by atomic mass is 32.2. The van der Waals surface area contributed by atoms with Gasteiger partial charge in [0.2, 0.25) is 5.91 Å². The zero-order valence-corrected chi connectivity index (χ0v) is 17.7. The molecule has 0 atom stereocenters. The number of hydrogen-bond acceptors (Lipinski definition) is 7. The molecule has 4 aromatic rings. The molecule has 168 valence electrons. The van der Waals surface area contributed by atoms with Crippen LogP contribution in [0.25, 0.3) is 11.4 Å². The van der Waals surface area contributed by atoms with Gasteiger partial charge in [0.1, 0.15) is 5.76 Å². The van der Waals surface area contributed by atoms with Crippen molar-refractivity contribution in [3.63, 3.8) is 0 Å². The summed E-state index contributed by atoms with van der Waals surface area (Å²) in [4.78, 5) is 12.5. The van der Waals surface area contributed by atoms with E-state index in [1.54, 1.807) is 12.3 Å². The number of furan rings is 1. The normalized spacial score (nSPS) is 13.8. The molecule has 0 saturated heterocycles. The second-order valence-corrected chi connectivity index (χ2v) is 7.95. The second-order valence-electron chi connectivity index (χ2n) is 7.00. The van der Waals surface area contributed by atoms with Gasteiger partial charge in [0, 0.05) is 17.3 Å². The Morgan fingerprint density at radius 3 is 2.64 bits per heavy atom. The van der Waals surface area contributed by atoms with Crippen molar-refractivity contribution in [2.24, 2.45) is 0 Å². The lowest BCUT2D eigenvalue weighted by Gasteiger charge is -2.09. The largest absolute Gasteiger partial charge is 0.586 e. The Labute approximate surface area is 190 Å². The van der Waals surface area contributed by atoms with Gasteiger partial charge in [-0.05, 0) is 24.3 Å². The van der Waals surface area contributed by atoms with Crippen molar-refractivity contribution in [3.05, 3.63) is 72.7 Å². The summed E-state index contributed by atoms with van der Waals surface area (Å²) in [5.41, 5.74) is 1.19. The number of nitrogens with one attached hydrogen (secondary N) is 1. The van der Waals surface area contributed by atoms with Crippen molar-refractivity contribution in [3.8, 4) is 22.9 Å². The lowest BCUT2D eigenvalue weighted by atomic mass is 10.2. The molecule has 3 heterocycles. The van der Waals surface area contributed by atoms with Gasteiger partial charge < -0.3 is 19.2 Å². The number of thioether (sulfide) groups is 1. The predicted molar refractivity (Wildman–Crippen MR) is 115 cm³/mol. The number of fused-ring (bicyclic) bond motifs is 1. The van der Waals surface area contributed by atoms with Gasteiger partial charge in [-0.3, -0.25) is 9.36 Å². The van der Waals surface area contributed by atoms with E-state index in [0.717, 1.165) is 11.3 Å². The number of hydrogen-bond donors (Lipinski definition) is 1. The first-order valence-electron chi connectivity index (χ1n) is 9.80. The van der Waals surface area contributed by atoms with Gasteiger partial charge in [-0.15, -0.1) is 19.0 Å². The summed E-state index contributed by atoms with van der Waals surface area (Å²) < 4.78 is 42.5. The molecule has 2 aromatic carbocycles.